The van der Waals surface area contributed by atoms with Gasteiger partial charge in [-0.1, -0.05) is 0 Å². The van der Waals surface area contributed by atoms with Crippen LogP contribution in [-0.4, -0.2) is 16.1 Å². The zero-order chi connectivity index (χ0) is 12.8. The minimum absolute atomic E-state index is 0.198. The monoisotopic (exact) mass is 243 g/mol. The molecule has 0 unspecified atom stereocenters. The smallest absolute Gasteiger partial charge is 0.119 e. The second kappa shape index (κ2) is 6.00. The number of rotatable bonds is 5. The predicted octanol–water partition coefficient (Wildman–Crippen LogP) is 2.88. The van der Waals surface area contributed by atoms with Crippen LogP contribution < -0.4 is 10.1 Å². The van der Waals surface area contributed by atoms with Gasteiger partial charge in [-0.05, 0) is 38.1 Å². The highest BCUT2D eigenvalue weighted by Crippen LogP contribution is 2.17. The van der Waals surface area contributed by atoms with Crippen molar-refractivity contribution in [3.05, 3.63) is 48.5 Å². The Morgan fingerprint density at radius 1 is 1.17 bits per heavy atom. The Morgan fingerprint density at radius 2 is 1.94 bits per heavy atom. The van der Waals surface area contributed by atoms with Gasteiger partial charge in [-0.3, -0.25) is 9.97 Å². The van der Waals surface area contributed by atoms with Gasteiger partial charge in [0.25, 0.3) is 0 Å². The minimum Gasteiger partial charge on any atom is -0.491 e. The van der Waals surface area contributed by atoms with E-state index in [1.807, 2.05) is 38.1 Å². The summed E-state index contributed by atoms with van der Waals surface area (Å²) in [6, 6.07) is 7.90. The normalized spacial score (nSPS) is 10.4. The molecular formula is C14H17N3O. The molecule has 0 saturated heterocycles. The molecule has 0 spiro atoms. The Bertz CT molecular complexity index is 468. The van der Waals surface area contributed by atoms with Gasteiger partial charge in [0.1, 0.15) is 5.75 Å². The molecule has 0 amide bonds. The van der Waals surface area contributed by atoms with E-state index in [4.69, 9.17) is 4.74 Å². The zero-order valence-corrected chi connectivity index (χ0v) is 10.6. The van der Waals surface area contributed by atoms with Crippen LogP contribution in [0.5, 0.6) is 5.75 Å². The number of hydrogen-bond acceptors (Lipinski definition) is 4. The molecule has 1 N–H and O–H groups in total. The van der Waals surface area contributed by atoms with Gasteiger partial charge in [-0.15, -0.1) is 0 Å². The highest BCUT2D eigenvalue weighted by molar-refractivity contribution is 5.46. The van der Waals surface area contributed by atoms with Crippen LogP contribution in [0.3, 0.4) is 0 Å². The molecule has 0 fully saturated rings. The van der Waals surface area contributed by atoms with E-state index in [0.717, 1.165) is 17.1 Å². The summed E-state index contributed by atoms with van der Waals surface area (Å²) in [5.41, 5.74) is 1.96. The van der Waals surface area contributed by atoms with Crippen molar-refractivity contribution < 1.29 is 4.74 Å². The number of nitrogens with zero attached hydrogens (tertiary/aromatic N) is 2. The summed E-state index contributed by atoms with van der Waals surface area (Å²) in [6.07, 6.45) is 5.31. The van der Waals surface area contributed by atoms with E-state index < -0.39 is 0 Å². The van der Waals surface area contributed by atoms with Gasteiger partial charge in [0.15, 0.2) is 0 Å². The molecule has 4 heteroatoms. The van der Waals surface area contributed by atoms with Crippen LogP contribution in [0.15, 0.2) is 42.9 Å². The SMILES string of the molecule is CC(C)Oc1ccc(NCc2cnccn2)cc1. The van der Waals surface area contributed by atoms with Crippen LogP contribution >= 0.6 is 0 Å². The van der Waals surface area contributed by atoms with Crippen LogP contribution in [0.25, 0.3) is 0 Å². The number of ether oxygens (including phenoxy) is 1. The van der Waals surface area contributed by atoms with Crippen molar-refractivity contribution in [2.24, 2.45) is 0 Å². The first-order valence-corrected chi connectivity index (χ1v) is 5.99. The Kier molecular flexibility index (Phi) is 4.12. The van der Waals surface area contributed by atoms with Gasteiger partial charge in [0.05, 0.1) is 24.5 Å². The first-order chi connectivity index (χ1) is 8.74. The van der Waals surface area contributed by atoms with E-state index >= 15 is 0 Å². The molecule has 2 rings (SSSR count). The summed E-state index contributed by atoms with van der Waals surface area (Å²) < 4.78 is 5.58. The van der Waals surface area contributed by atoms with Crippen LogP contribution in [0, 0.1) is 0 Å². The maximum atomic E-state index is 5.58. The van der Waals surface area contributed by atoms with Crippen molar-refractivity contribution in [2.45, 2.75) is 26.5 Å². The molecule has 18 heavy (non-hydrogen) atoms. The van der Waals surface area contributed by atoms with Crippen LogP contribution in [0.4, 0.5) is 5.69 Å². The summed E-state index contributed by atoms with van der Waals surface area (Å²) in [7, 11) is 0. The third-order valence-electron chi connectivity index (χ3n) is 2.32. The molecule has 0 bridgehead atoms. The topological polar surface area (TPSA) is 47.0 Å². The van der Waals surface area contributed by atoms with Crippen molar-refractivity contribution in [1.82, 2.24) is 9.97 Å². The molecule has 4 nitrogen and oxygen atoms in total. The summed E-state index contributed by atoms with van der Waals surface area (Å²) in [4.78, 5) is 8.22. The molecule has 0 aliphatic rings. The lowest BCUT2D eigenvalue weighted by Crippen LogP contribution is -2.05. The zero-order valence-electron chi connectivity index (χ0n) is 10.6. The first kappa shape index (κ1) is 12.4. The van der Waals surface area contributed by atoms with Crippen molar-refractivity contribution in [3.8, 4) is 5.75 Å². The fraction of sp³-hybridized carbons (Fsp3) is 0.286. The van der Waals surface area contributed by atoms with Crippen LogP contribution in [-0.2, 0) is 6.54 Å². The average molecular weight is 243 g/mol. The highest BCUT2D eigenvalue weighted by atomic mass is 16.5. The highest BCUT2D eigenvalue weighted by Gasteiger charge is 1.98. The molecule has 1 heterocycles. The van der Waals surface area contributed by atoms with Crippen molar-refractivity contribution in [3.63, 3.8) is 0 Å². The Morgan fingerprint density at radius 3 is 2.56 bits per heavy atom. The van der Waals surface area contributed by atoms with Crippen molar-refractivity contribution >= 4 is 5.69 Å². The molecule has 94 valence electrons. The molecule has 1 aromatic carbocycles. The number of aromatic nitrogens is 2. The lowest BCUT2D eigenvalue weighted by atomic mass is 10.3. The number of hydrogen-bond donors (Lipinski definition) is 1. The summed E-state index contributed by atoms with van der Waals surface area (Å²) in [6.45, 7) is 4.69. The standard InChI is InChI=1S/C14H17N3O/c1-11(2)18-14-5-3-12(4-6-14)17-10-13-9-15-7-8-16-13/h3-9,11,17H,10H2,1-2H3. The lowest BCUT2D eigenvalue weighted by molar-refractivity contribution is 0.242. The number of nitrogens with one attached hydrogen (secondary N) is 1. The van der Waals surface area contributed by atoms with Gasteiger partial charge < -0.3 is 10.1 Å². The van der Waals surface area contributed by atoms with Crippen LogP contribution in [0.1, 0.15) is 19.5 Å². The third kappa shape index (κ3) is 3.73. The van der Waals surface area contributed by atoms with E-state index in [1.165, 1.54) is 0 Å². The van der Waals surface area contributed by atoms with E-state index in [1.54, 1.807) is 18.6 Å². The quantitative estimate of drug-likeness (QED) is 0.877. The molecule has 0 saturated carbocycles. The number of benzene rings is 1. The molecule has 1 aromatic heterocycles. The van der Waals surface area contributed by atoms with Gasteiger partial charge >= 0.3 is 0 Å². The largest absolute Gasteiger partial charge is 0.491 e. The maximum Gasteiger partial charge on any atom is 0.119 e. The molecule has 0 aliphatic carbocycles. The average Bonchev–Trinajstić information content (AvgIpc) is 2.38. The fourth-order valence-corrected chi connectivity index (χ4v) is 1.54. The van der Waals surface area contributed by atoms with Crippen molar-refractivity contribution in [2.75, 3.05) is 5.32 Å². The predicted molar refractivity (Wildman–Crippen MR) is 71.6 cm³/mol. The Hall–Kier alpha value is -2.10. The summed E-state index contributed by atoms with van der Waals surface area (Å²) >= 11 is 0. The molecule has 0 atom stereocenters. The first-order valence-electron chi connectivity index (χ1n) is 5.99. The summed E-state index contributed by atoms with van der Waals surface area (Å²) in [5, 5.41) is 3.28. The van der Waals surface area contributed by atoms with Gasteiger partial charge in [-0.2, -0.15) is 0 Å². The van der Waals surface area contributed by atoms with E-state index in [2.05, 4.69) is 15.3 Å². The molecular weight excluding hydrogens is 226 g/mol. The van der Waals surface area contributed by atoms with Gasteiger partial charge in [0.2, 0.25) is 0 Å². The molecule has 2 aromatic rings. The van der Waals surface area contributed by atoms with Crippen molar-refractivity contribution in [1.29, 1.82) is 0 Å². The molecule has 0 radical (unpaired) electrons. The lowest BCUT2D eigenvalue weighted by Gasteiger charge is -2.10. The van der Waals surface area contributed by atoms with Gasteiger partial charge in [-0.25, -0.2) is 0 Å². The summed E-state index contributed by atoms with van der Waals surface area (Å²) in [5.74, 6) is 0.884. The second-order valence-corrected chi connectivity index (χ2v) is 4.24. The number of anilines is 1. The Labute approximate surface area is 107 Å². The Balaban J connectivity index is 1.90. The maximum absolute atomic E-state index is 5.58. The van der Waals surface area contributed by atoms with Crippen LogP contribution in [0.2, 0.25) is 0 Å². The second-order valence-electron chi connectivity index (χ2n) is 4.24. The van der Waals surface area contributed by atoms with Gasteiger partial charge in [0, 0.05) is 18.1 Å². The molecule has 0 aliphatic heterocycles. The fourth-order valence-electron chi connectivity index (χ4n) is 1.54. The van der Waals surface area contributed by atoms with E-state index in [-0.39, 0.29) is 6.10 Å². The minimum atomic E-state index is 0.198. The van der Waals surface area contributed by atoms with E-state index in [9.17, 15) is 0 Å². The third-order valence-corrected chi connectivity index (χ3v) is 2.32. The van der Waals surface area contributed by atoms with E-state index in [0.29, 0.717) is 6.54 Å².